The summed E-state index contributed by atoms with van der Waals surface area (Å²) in [6, 6.07) is 8.88. The number of aryl methyl sites for hydroxylation is 1. The van der Waals surface area contributed by atoms with E-state index < -0.39 is 0 Å². The molecule has 4 rings (SSSR count). The third kappa shape index (κ3) is 2.81. The van der Waals surface area contributed by atoms with Crippen LogP contribution in [0.5, 0.6) is 0 Å². The lowest BCUT2D eigenvalue weighted by molar-refractivity contribution is 0.462. The fourth-order valence-electron chi connectivity index (χ4n) is 3.44. The van der Waals surface area contributed by atoms with Crippen molar-refractivity contribution >= 4 is 11.5 Å². The molecule has 0 saturated heterocycles. The molecule has 0 atom stereocenters. The molecule has 0 aliphatic heterocycles. The van der Waals surface area contributed by atoms with Gasteiger partial charge >= 0.3 is 0 Å². The molecular formula is C19H22N4. The standard InChI is InChI=1S/C19H22N4/c1-14-9-12-23-17(13-14)22-18(15-7-10-20-11-8-15)19(23)21-16-5-3-2-4-6-16/h7-13,16,21H,2-6H2,1H3. The summed E-state index contributed by atoms with van der Waals surface area (Å²) >= 11 is 0. The number of hydrogen-bond donors (Lipinski definition) is 1. The maximum absolute atomic E-state index is 4.88. The highest BCUT2D eigenvalue weighted by Gasteiger charge is 2.19. The van der Waals surface area contributed by atoms with Crippen molar-refractivity contribution in [1.29, 1.82) is 0 Å². The number of aromatic nitrogens is 3. The third-order valence-electron chi connectivity index (χ3n) is 4.68. The van der Waals surface area contributed by atoms with E-state index in [1.54, 1.807) is 0 Å². The highest BCUT2D eigenvalue weighted by atomic mass is 15.1. The quantitative estimate of drug-likeness (QED) is 0.777. The van der Waals surface area contributed by atoms with Gasteiger partial charge in [-0.1, -0.05) is 19.3 Å². The third-order valence-corrected chi connectivity index (χ3v) is 4.68. The van der Waals surface area contributed by atoms with Gasteiger partial charge in [0.2, 0.25) is 0 Å². The summed E-state index contributed by atoms with van der Waals surface area (Å²) < 4.78 is 2.18. The van der Waals surface area contributed by atoms with Gasteiger partial charge in [-0.25, -0.2) is 4.98 Å². The van der Waals surface area contributed by atoms with E-state index >= 15 is 0 Å². The van der Waals surface area contributed by atoms with E-state index in [0.29, 0.717) is 6.04 Å². The summed E-state index contributed by atoms with van der Waals surface area (Å²) in [5.74, 6) is 1.11. The van der Waals surface area contributed by atoms with Crippen molar-refractivity contribution in [1.82, 2.24) is 14.4 Å². The molecule has 23 heavy (non-hydrogen) atoms. The van der Waals surface area contributed by atoms with Crippen LogP contribution in [0.15, 0.2) is 42.9 Å². The fraction of sp³-hybridized carbons (Fsp3) is 0.368. The average molecular weight is 306 g/mol. The second kappa shape index (κ2) is 6.03. The Hall–Kier alpha value is -2.36. The minimum Gasteiger partial charge on any atom is -0.367 e. The zero-order valence-electron chi connectivity index (χ0n) is 13.5. The van der Waals surface area contributed by atoms with Crippen LogP contribution in [0.25, 0.3) is 16.9 Å². The zero-order chi connectivity index (χ0) is 15.6. The number of rotatable bonds is 3. The molecule has 1 fully saturated rings. The molecule has 3 aromatic rings. The second-order valence-corrected chi connectivity index (χ2v) is 6.46. The molecule has 0 aromatic carbocycles. The highest BCUT2D eigenvalue weighted by molar-refractivity contribution is 5.76. The van der Waals surface area contributed by atoms with Gasteiger partial charge in [0.1, 0.15) is 17.2 Å². The lowest BCUT2D eigenvalue weighted by atomic mass is 9.95. The Labute approximate surface area is 136 Å². The summed E-state index contributed by atoms with van der Waals surface area (Å²) in [5.41, 5.74) is 4.35. The van der Waals surface area contributed by atoms with E-state index in [-0.39, 0.29) is 0 Å². The van der Waals surface area contributed by atoms with Gasteiger partial charge in [-0.05, 0) is 49.6 Å². The summed E-state index contributed by atoms with van der Waals surface area (Å²) in [6.45, 7) is 2.11. The smallest absolute Gasteiger partial charge is 0.139 e. The first kappa shape index (κ1) is 14.2. The molecule has 1 N–H and O–H groups in total. The number of nitrogens with one attached hydrogen (secondary N) is 1. The predicted molar refractivity (Wildman–Crippen MR) is 93.7 cm³/mol. The molecule has 0 spiro atoms. The summed E-state index contributed by atoms with van der Waals surface area (Å²) in [6.07, 6.45) is 12.3. The van der Waals surface area contributed by atoms with E-state index in [1.165, 1.54) is 37.7 Å². The van der Waals surface area contributed by atoms with Crippen molar-refractivity contribution in [3.63, 3.8) is 0 Å². The van der Waals surface area contributed by atoms with Gasteiger partial charge in [-0.3, -0.25) is 9.38 Å². The number of fused-ring (bicyclic) bond motifs is 1. The number of pyridine rings is 2. The molecule has 0 bridgehead atoms. The van der Waals surface area contributed by atoms with Crippen molar-refractivity contribution in [2.45, 2.75) is 45.1 Å². The summed E-state index contributed by atoms with van der Waals surface area (Å²) in [7, 11) is 0. The predicted octanol–water partition coefficient (Wildman–Crippen LogP) is 4.45. The Kier molecular flexibility index (Phi) is 3.74. The van der Waals surface area contributed by atoms with Crippen molar-refractivity contribution in [2.75, 3.05) is 5.32 Å². The molecule has 4 heteroatoms. The molecular weight excluding hydrogens is 284 g/mol. The van der Waals surface area contributed by atoms with Gasteiger partial charge in [0.25, 0.3) is 0 Å². The van der Waals surface area contributed by atoms with Crippen LogP contribution < -0.4 is 5.32 Å². The maximum Gasteiger partial charge on any atom is 0.139 e. The number of hydrogen-bond acceptors (Lipinski definition) is 3. The number of anilines is 1. The van der Waals surface area contributed by atoms with E-state index in [0.717, 1.165) is 22.7 Å². The first-order valence-corrected chi connectivity index (χ1v) is 8.47. The Morgan fingerprint density at radius 1 is 1.09 bits per heavy atom. The van der Waals surface area contributed by atoms with Crippen LogP contribution in [0.1, 0.15) is 37.7 Å². The maximum atomic E-state index is 4.88. The van der Waals surface area contributed by atoms with Gasteiger partial charge in [0.15, 0.2) is 0 Å². The van der Waals surface area contributed by atoms with Gasteiger partial charge < -0.3 is 5.32 Å². The van der Waals surface area contributed by atoms with Gasteiger partial charge in [0, 0.05) is 30.2 Å². The molecule has 0 unspecified atom stereocenters. The Morgan fingerprint density at radius 3 is 2.65 bits per heavy atom. The Balaban J connectivity index is 1.81. The second-order valence-electron chi connectivity index (χ2n) is 6.46. The number of imidazole rings is 1. The van der Waals surface area contributed by atoms with Crippen LogP contribution in [0.2, 0.25) is 0 Å². The molecule has 4 nitrogen and oxygen atoms in total. The lowest BCUT2D eigenvalue weighted by Crippen LogP contribution is -2.23. The molecule has 118 valence electrons. The minimum atomic E-state index is 0.547. The monoisotopic (exact) mass is 306 g/mol. The Bertz CT molecular complexity index is 801. The van der Waals surface area contributed by atoms with Crippen LogP contribution >= 0.6 is 0 Å². The van der Waals surface area contributed by atoms with E-state index in [1.807, 2.05) is 24.5 Å². The normalized spacial score (nSPS) is 15.9. The molecule has 1 saturated carbocycles. The van der Waals surface area contributed by atoms with E-state index in [4.69, 9.17) is 4.98 Å². The van der Waals surface area contributed by atoms with E-state index in [9.17, 15) is 0 Å². The topological polar surface area (TPSA) is 42.2 Å². The van der Waals surface area contributed by atoms with Crippen LogP contribution in [-0.2, 0) is 0 Å². The van der Waals surface area contributed by atoms with Crippen LogP contribution in [-0.4, -0.2) is 20.4 Å². The van der Waals surface area contributed by atoms with E-state index in [2.05, 4.69) is 40.0 Å². The summed E-state index contributed by atoms with van der Waals surface area (Å²) in [5, 5.41) is 3.77. The average Bonchev–Trinajstić information content (AvgIpc) is 2.94. The van der Waals surface area contributed by atoms with Crippen LogP contribution in [0.3, 0.4) is 0 Å². The van der Waals surface area contributed by atoms with Crippen molar-refractivity contribution in [3.8, 4) is 11.3 Å². The fourth-order valence-corrected chi connectivity index (χ4v) is 3.44. The molecule has 0 amide bonds. The minimum absolute atomic E-state index is 0.547. The molecule has 3 heterocycles. The van der Waals surface area contributed by atoms with Gasteiger partial charge in [0.05, 0.1) is 0 Å². The highest BCUT2D eigenvalue weighted by Crippen LogP contribution is 2.31. The van der Waals surface area contributed by atoms with Crippen molar-refractivity contribution < 1.29 is 0 Å². The molecule has 1 aliphatic carbocycles. The Morgan fingerprint density at radius 2 is 1.87 bits per heavy atom. The van der Waals surface area contributed by atoms with Crippen LogP contribution in [0.4, 0.5) is 5.82 Å². The van der Waals surface area contributed by atoms with Gasteiger partial charge in [-0.15, -0.1) is 0 Å². The van der Waals surface area contributed by atoms with Gasteiger partial charge in [-0.2, -0.15) is 0 Å². The van der Waals surface area contributed by atoms with Crippen molar-refractivity contribution in [3.05, 3.63) is 48.4 Å². The first-order chi connectivity index (χ1) is 11.3. The molecule has 3 aromatic heterocycles. The lowest BCUT2D eigenvalue weighted by Gasteiger charge is -2.24. The molecule has 0 radical (unpaired) electrons. The van der Waals surface area contributed by atoms with Crippen LogP contribution in [0, 0.1) is 6.92 Å². The van der Waals surface area contributed by atoms with Crippen molar-refractivity contribution in [2.24, 2.45) is 0 Å². The summed E-state index contributed by atoms with van der Waals surface area (Å²) in [4.78, 5) is 9.01. The largest absolute Gasteiger partial charge is 0.367 e. The molecule has 1 aliphatic rings. The zero-order valence-corrected chi connectivity index (χ0v) is 13.5. The first-order valence-electron chi connectivity index (χ1n) is 8.47. The number of nitrogens with zero attached hydrogens (tertiary/aromatic N) is 3. The SMILES string of the molecule is Cc1ccn2c(NC3CCCCC3)c(-c3ccncc3)nc2c1.